The number of carbonyl (C=O) groups excluding carboxylic acids is 1. The van der Waals surface area contributed by atoms with Gasteiger partial charge in [-0.3, -0.25) is 4.79 Å². The van der Waals surface area contributed by atoms with Crippen LogP contribution in [0.25, 0.3) is 0 Å². The van der Waals surface area contributed by atoms with Crippen molar-refractivity contribution >= 4 is 5.91 Å². The quantitative estimate of drug-likeness (QED) is 0.598. The summed E-state index contributed by atoms with van der Waals surface area (Å²) in [5, 5.41) is 10.4. The van der Waals surface area contributed by atoms with E-state index in [9.17, 15) is 9.90 Å². The molecule has 4 aliphatic carbocycles. The number of hydrogen-bond donors (Lipinski definition) is 1. The molecule has 0 bridgehead atoms. The number of likely N-dealkylation sites (N-methyl/N-ethyl adjacent to an activating group) is 1. The summed E-state index contributed by atoms with van der Waals surface area (Å²) >= 11 is 0. The van der Waals surface area contributed by atoms with Crippen LogP contribution in [-0.4, -0.2) is 59.6 Å². The van der Waals surface area contributed by atoms with Crippen LogP contribution in [-0.2, 0) is 4.79 Å². The van der Waals surface area contributed by atoms with Gasteiger partial charge in [0.25, 0.3) is 5.91 Å². The number of rotatable bonds is 4. The Morgan fingerprint density at radius 3 is 2.64 bits per heavy atom. The van der Waals surface area contributed by atoms with Crippen molar-refractivity contribution in [2.75, 3.05) is 20.6 Å². The van der Waals surface area contributed by atoms with Crippen molar-refractivity contribution < 1.29 is 9.90 Å². The predicted molar refractivity (Wildman–Crippen MR) is 134 cm³/mol. The highest BCUT2D eigenvalue weighted by molar-refractivity contribution is 5.80. The molecular weight excluding hydrogens is 408 g/mol. The molecule has 3 saturated carbocycles. The Morgan fingerprint density at radius 1 is 1.18 bits per heavy atom. The fourth-order valence-electron chi connectivity index (χ4n) is 9.74. The summed E-state index contributed by atoms with van der Waals surface area (Å²) in [5.74, 6) is 3.76. The first-order chi connectivity index (χ1) is 15.6. The van der Waals surface area contributed by atoms with Crippen LogP contribution in [0.5, 0.6) is 0 Å². The molecule has 1 amide bonds. The monoisotopic (exact) mass is 456 g/mol. The number of aliphatic hydroxyl groups is 1. The maximum Gasteiger partial charge on any atom is 0.251 e. The highest BCUT2D eigenvalue weighted by atomic mass is 16.3. The van der Waals surface area contributed by atoms with E-state index >= 15 is 0 Å². The van der Waals surface area contributed by atoms with Crippen LogP contribution in [0.1, 0.15) is 85.5 Å². The molecule has 1 heterocycles. The number of hydrogen-bond acceptors (Lipinski definition) is 3. The lowest BCUT2D eigenvalue weighted by Gasteiger charge is -2.58. The molecule has 0 aromatic heterocycles. The third-order valence-electron chi connectivity index (χ3n) is 11.6. The molecular formula is C29H48N2O2. The number of fused-ring (bicyclic) bond motifs is 4. The molecule has 0 radical (unpaired) electrons. The summed E-state index contributed by atoms with van der Waals surface area (Å²) in [6, 6.07) is 0.997. The Kier molecular flexibility index (Phi) is 6.04. The smallest absolute Gasteiger partial charge is 0.251 e. The van der Waals surface area contributed by atoms with Crippen molar-refractivity contribution in [3.63, 3.8) is 0 Å². The molecule has 4 heteroatoms. The SMILES string of the molecule is CC(C)C[C@@H](O)C(=O)N(C)[C@H]1CC[C@@]2(C)C(=CC[C@H]3[C@@H]4CC[C@@H]5[C@H](C)N(C)C[C@@]54CC[C@@H]32)C1. The second-order valence-electron chi connectivity index (χ2n) is 13.4. The minimum absolute atomic E-state index is 0.0809. The third-order valence-corrected chi connectivity index (χ3v) is 11.6. The van der Waals surface area contributed by atoms with E-state index in [0.717, 1.165) is 42.6 Å². The molecule has 1 saturated heterocycles. The topological polar surface area (TPSA) is 43.8 Å². The van der Waals surface area contributed by atoms with Gasteiger partial charge in [0.1, 0.15) is 6.10 Å². The maximum absolute atomic E-state index is 12.9. The molecule has 1 aliphatic heterocycles. The van der Waals surface area contributed by atoms with Gasteiger partial charge in [0.15, 0.2) is 0 Å². The number of carbonyl (C=O) groups is 1. The molecule has 5 aliphatic rings. The van der Waals surface area contributed by atoms with Gasteiger partial charge in [-0.15, -0.1) is 0 Å². The van der Waals surface area contributed by atoms with Crippen molar-refractivity contribution in [3.05, 3.63) is 11.6 Å². The lowest BCUT2D eigenvalue weighted by molar-refractivity contribution is -0.142. The molecule has 33 heavy (non-hydrogen) atoms. The zero-order valence-electron chi connectivity index (χ0n) is 22.0. The minimum Gasteiger partial charge on any atom is -0.383 e. The van der Waals surface area contributed by atoms with Crippen LogP contribution < -0.4 is 0 Å². The fourth-order valence-corrected chi connectivity index (χ4v) is 9.74. The van der Waals surface area contributed by atoms with Crippen molar-refractivity contribution in [1.29, 1.82) is 0 Å². The Bertz CT molecular complexity index is 807. The van der Waals surface area contributed by atoms with Gasteiger partial charge in [-0.1, -0.05) is 32.4 Å². The van der Waals surface area contributed by atoms with E-state index in [1.54, 1.807) is 5.57 Å². The Hall–Kier alpha value is -0.870. The standard InChI is InChI=1S/C29H48N2O2/c1-18(2)15-26(32)27(33)31(6)21-11-13-28(4)20(16-21)7-8-22-24(28)12-14-29-17-30(5)19(3)23(29)9-10-25(22)29/h7,18-19,21-26,32H,8-17H2,1-6H3/t19-,21-,22+,23+,24-,25-,26+,28-,29-/m0/s1. The van der Waals surface area contributed by atoms with E-state index in [-0.39, 0.29) is 11.9 Å². The summed E-state index contributed by atoms with van der Waals surface area (Å²) in [7, 11) is 4.28. The Morgan fingerprint density at radius 2 is 1.91 bits per heavy atom. The van der Waals surface area contributed by atoms with E-state index in [4.69, 9.17) is 0 Å². The number of aliphatic hydroxyl groups excluding tert-OH is 1. The van der Waals surface area contributed by atoms with E-state index in [0.29, 0.717) is 23.2 Å². The molecule has 1 N–H and O–H groups in total. The second-order valence-corrected chi connectivity index (χ2v) is 13.4. The fraction of sp³-hybridized carbons (Fsp3) is 0.897. The Labute approximate surface area is 202 Å². The Balaban J connectivity index is 1.32. The van der Waals surface area contributed by atoms with E-state index in [1.165, 1.54) is 45.1 Å². The van der Waals surface area contributed by atoms with Crippen LogP contribution in [0.4, 0.5) is 0 Å². The van der Waals surface area contributed by atoms with Crippen molar-refractivity contribution in [3.8, 4) is 0 Å². The maximum atomic E-state index is 12.9. The normalized spacial score (nSPS) is 45.6. The highest BCUT2D eigenvalue weighted by Gasteiger charge is 2.64. The van der Waals surface area contributed by atoms with E-state index < -0.39 is 6.10 Å². The summed E-state index contributed by atoms with van der Waals surface area (Å²) in [6.45, 7) is 10.5. The molecule has 4 nitrogen and oxygen atoms in total. The molecule has 5 rings (SSSR count). The van der Waals surface area contributed by atoms with Crippen LogP contribution in [0.3, 0.4) is 0 Å². The van der Waals surface area contributed by atoms with Gasteiger partial charge in [0, 0.05) is 25.7 Å². The van der Waals surface area contributed by atoms with E-state index in [1.807, 2.05) is 11.9 Å². The zero-order chi connectivity index (χ0) is 23.7. The van der Waals surface area contributed by atoms with Gasteiger partial charge < -0.3 is 14.9 Å². The number of amides is 1. The van der Waals surface area contributed by atoms with Crippen molar-refractivity contribution in [2.45, 2.75) is 104 Å². The van der Waals surface area contributed by atoms with Gasteiger partial charge in [-0.25, -0.2) is 0 Å². The summed E-state index contributed by atoms with van der Waals surface area (Å²) in [5.41, 5.74) is 2.53. The summed E-state index contributed by atoms with van der Waals surface area (Å²) < 4.78 is 0. The number of nitrogens with zero attached hydrogens (tertiary/aromatic N) is 2. The van der Waals surface area contributed by atoms with Crippen LogP contribution in [0, 0.1) is 40.4 Å². The third kappa shape index (κ3) is 3.56. The molecule has 1 spiro atoms. The summed E-state index contributed by atoms with van der Waals surface area (Å²) in [4.78, 5) is 17.4. The zero-order valence-corrected chi connectivity index (χ0v) is 22.0. The molecule has 0 unspecified atom stereocenters. The van der Waals surface area contributed by atoms with Crippen LogP contribution in [0.2, 0.25) is 0 Å². The highest BCUT2D eigenvalue weighted by Crippen LogP contribution is 2.68. The van der Waals surface area contributed by atoms with Crippen molar-refractivity contribution in [1.82, 2.24) is 9.80 Å². The average Bonchev–Trinajstić information content (AvgIpc) is 3.25. The molecule has 0 aromatic carbocycles. The first-order valence-corrected chi connectivity index (χ1v) is 13.9. The van der Waals surface area contributed by atoms with Crippen LogP contribution in [0.15, 0.2) is 11.6 Å². The van der Waals surface area contributed by atoms with Gasteiger partial charge in [0.05, 0.1) is 0 Å². The number of likely N-dealkylation sites (tertiary alicyclic amines) is 1. The summed E-state index contributed by atoms with van der Waals surface area (Å²) in [6.07, 6.45) is 12.6. The minimum atomic E-state index is -0.857. The van der Waals surface area contributed by atoms with Gasteiger partial charge in [-0.05, 0) is 112 Å². The van der Waals surface area contributed by atoms with Gasteiger partial charge in [0.2, 0.25) is 0 Å². The molecule has 4 fully saturated rings. The lowest BCUT2D eigenvalue weighted by Crippen LogP contribution is -2.53. The van der Waals surface area contributed by atoms with E-state index in [2.05, 4.69) is 45.7 Å². The molecule has 9 atom stereocenters. The average molecular weight is 457 g/mol. The van der Waals surface area contributed by atoms with Crippen LogP contribution >= 0.6 is 0 Å². The first-order valence-electron chi connectivity index (χ1n) is 13.9. The second kappa shape index (κ2) is 8.36. The van der Waals surface area contributed by atoms with Gasteiger partial charge in [-0.2, -0.15) is 0 Å². The molecule has 186 valence electrons. The first kappa shape index (κ1) is 23.9. The largest absolute Gasteiger partial charge is 0.383 e. The van der Waals surface area contributed by atoms with Crippen molar-refractivity contribution in [2.24, 2.45) is 40.4 Å². The predicted octanol–water partition coefficient (Wildman–Crippen LogP) is 5.11. The lowest BCUT2D eigenvalue weighted by atomic mass is 9.47. The molecule has 0 aromatic rings. The number of allylic oxidation sites excluding steroid dienone is 1. The van der Waals surface area contributed by atoms with Gasteiger partial charge >= 0.3 is 0 Å².